The van der Waals surface area contributed by atoms with E-state index in [2.05, 4.69) is 84.2 Å². The van der Waals surface area contributed by atoms with Gasteiger partial charge < -0.3 is 0 Å². The first-order valence-corrected chi connectivity index (χ1v) is 8.07. The molecule has 1 aliphatic heterocycles. The van der Waals surface area contributed by atoms with Gasteiger partial charge in [0.2, 0.25) is 0 Å². The second-order valence-corrected chi connectivity index (χ2v) is 7.99. The molecule has 0 aromatic heterocycles. The van der Waals surface area contributed by atoms with Gasteiger partial charge in [0.05, 0.1) is 10.00 Å². The minimum Gasteiger partial charge on any atom is -0.134 e. The van der Waals surface area contributed by atoms with E-state index in [1.165, 1.54) is 10.0 Å². The van der Waals surface area contributed by atoms with Gasteiger partial charge in [0.25, 0.3) is 0 Å². The summed E-state index contributed by atoms with van der Waals surface area (Å²) in [5, 5.41) is 0.545. The number of benzene rings is 1. The highest BCUT2D eigenvalue weighted by Crippen LogP contribution is 2.68. The lowest BCUT2D eigenvalue weighted by molar-refractivity contribution is 0.896. The molecule has 1 aliphatic carbocycles. The minimum absolute atomic E-state index is 0.135. The molecule has 1 heterocycles. The van der Waals surface area contributed by atoms with Crippen molar-refractivity contribution in [2.24, 2.45) is 0 Å². The van der Waals surface area contributed by atoms with E-state index in [-0.39, 0.29) is 4.75 Å². The summed E-state index contributed by atoms with van der Waals surface area (Å²) < 4.78 is 3.70. The second kappa shape index (κ2) is 4.01. The molecule has 3 rings (SSSR count). The molecular formula is C12H7Br3S. The van der Waals surface area contributed by atoms with Crippen LogP contribution in [-0.2, 0) is 4.75 Å². The Kier molecular flexibility index (Phi) is 2.90. The Labute approximate surface area is 124 Å². The largest absolute Gasteiger partial charge is 0.134 e. The van der Waals surface area contributed by atoms with E-state index in [1.54, 1.807) is 0 Å². The Bertz CT molecular complexity index is 521. The fourth-order valence-electron chi connectivity index (χ4n) is 2.02. The zero-order valence-corrected chi connectivity index (χ0v) is 13.7. The van der Waals surface area contributed by atoms with Crippen molar-refractivity contribution in [1.29, 1.82) is 0 Å². The fourth-order valence-corrected chi connectivity index (χ4v) is 5.82. The summed E-state index contributed by atoms with van der Waals surface area (Å²) >= 11 is 12.7. The molecule has 0 radical (unpaired) electrons. The summed E-state index contributed by atoms with van der Waals surface area (Å²) in [7, 11) is 0. The molecule has 0 bridgehead atoms. The van der Waals surface area contributed by atoms with E-state index in [0.29, 0.717) is 5.25 Å². The van der Waals surface area contributed by atoms with Crippen LogP contribution in [-0.4, -0.2) is 5.25 Å². The van der Waals surface area contributed by atoms with Gasteiger partial charge >= 0.3 is 0 Å². The first kappa shape index (κ1) is 11.6. The number of allylic oxidation sites excluding steroid dienone is 2. The van der Waals surface area contributed by atoms with Gasteiger partial charge in [0.1, 0.15) is 0 Å². The number of halogens is 3. The van der Waals surface area contributed by atoms with Crippen LogP contribution in [0.4, 0.5) is 0 Å². The van der Waals surface area contributed by atoms with Gasteiger partial charge in [-0.2, -0.15) is 0 Å². The molecule has 4 heteroatoms. The maximum Gasteiger partial charge on any atom is 0.0774 e. The lowest BCUT2D eigenvalue weighted by Gasteiger charge is -2.15. The summed E-state index contributed by atoms with van der Waals surface area (Å²) in [4.78, 5) is 0. The highest BCUT2D eigenvalue weighted by Gasteiger charge is 2.58. The van der Waals surface area contributed by atoms with Crippen LogP contribution < -0.4 is 0 Å². The number of hydrogen-bond acceptors (Lipinski definition) is 1. The smallest absolute Gasteiger partial charge is 0.0774 e. The summed E-state index contributed by atoms with van der Waals surface area (Å²) in [6.45, 7) is 0. The molecule has 0 N–H and O–H groups in total. The first-order chi connectivity index (χ1) is 7.62. The average molecular weight is 423 g/mol. The van der Waals surface area contributed by atoms with Gasteiger partial charge in [-0.3, -0.25) is 0 Å². The van der Waals surface area contributed by atoms with Crippen molar-refractivity contribution in [2.45, 2.75) is 10.00 Å². The van der Waals surface area contributed by atoms with Crippen LogP contribution in [0.15, 0.2) is 49.9 Å². The van der Waals surface area contributed by atoms with Gasteiger partial charge in [0.15, 0.2) is 0 Å². The SMILES string of the molecule is BrC1=CC2(c3cccc(Br)c3)SC2C(Br)=C1. The van der Waals surface area contributed by atoms with Crippen LogP contribution in [0, 0.1) is 0 Å². The van der Waals surface area contributed by atoms with E-state index < -0.39 is 0 Å². The number of thioether (sulfide) groups is 1. The maximum atomic E-state index is 3.64. The minimum atomic E-state index is 0.135. The molecule has 0 saturated carbocycles. The standard InChI is InChI=1S/C12H7Br3S/c13-8-3-1-2-7(4-8)12-6-9(14)5-10(15)11(12)16-12/h1-6,11H. The van der Waals surface area contributed by atoms with Crippen molar-refractivity contribution >= 4 is 59.6 Å². The third-order valence-corrected chi connectivity index (χ3v) is 6.33. The van der Waals surface area contributed by atoms with Crippen LogP contribution >= 0.6 is 59.6 Å². The first-order valence-electron chi connectivity index (χ1n) is 4.81. The molecule has 0 spiro atoms. The fraction of sp³-hybridized carbons (Fsp3) is 0.167. The van der Waals surface area contributed by atoms with Crippen molar-refractivity contribution in [2.75, 3.05) is 0 Å². The van der Waals surface area contributed by atoms with Crippen molar-refractivity contribution in [3.8, 4) is 0 Å². The normalized spacial score (nSPS) is 31.6. The Balaban J connectivity index is 2.07. The third kappa shape index (κ3) is 1.78. The summed E-state index contributed by atoms with van der Waals surface area (Å²) in [6, 6.07) is 8.56. The van der Waals surface area contributed by atoms with Crippen LogP contribution in [0.5, 0.6) is 0 Å². The molecule has 2 unspecified atom stereocenters. The molecule has 1 aromatic carbocycles. The van der Waals surface area contributed by atoms with Crippen LogP contribution in [0.1, 0.15) is 5.56 Å². The summed E-state index contributed by atoms with van der Waals surface area (Å²) in [6.07, 6.45) is 4.44. The summed E-state index contributed by atoms with van der Waals surface area (Å²) in [5.41, 5.74) is 1.36. The van der Waals surface area contributed by atoms with Crippen molar-refractivity contribution in [1.82, 2.24) is 0 Å². The highest BCUT2D eigenvalue weighted by molar-refractivity contribution is 9.12. The van der Waals surface area contributed by atoms with E-state index in [1.807, 2.05) is 11.8 Å². The molecular weight excluding hydrogens is 416 g/mol. The quantitative estimate of drug-likeness (QED) is 0.551. The van der Waals surface area contributed by atoms with Crippen molar-refractivity contribution in [3.63, 3.8) is 0 Å². The molecule has 1 aromatic rings. The van der Waals surface area contributed by atoms with Gasteiger partial charge in [-0.1, -0.05) is 59.9 Å². The van der Waals surface area contributed by atoms with Crippen LogP contribution in [0.3, 0.4) is 0 Å². The Morgan fingerprint density at radius 1 is 1.19 bits per heavy atom. The molecule has 2 aliphatic rings. The zero-order chi connectivity index (χ0) is 11.3. The molecule has 0 nitrogen and oxygen atoms in total. The number of hydrogen-bond donors (Lipinski definition) is 0. The number of fused-ring (bicyclic) bond motifs is 1. The van der Waals surface area contributed by atoms with Gasteiger partial charge in [-0.05, 0) is 29.8 Å². The monoisotopic (exact) mass is 420 g/mol. The highest BCUT2D eigenvalue weighted by atomic mass is 79.9. The van der Waals surface area contributed by atoms with E-state index in [4.69, 9.17) is 0 Å². The predicted octanol–water partition coefficient (Wildman–Crippen LogP) is 5.33. The van der Waals surface area contributed by atoms with Gasteiger partial charge in [-0.15, -0.1) is 11.8 Å². The molecule has 16 heavy (non-hydrogen) atoms. The lowest BCUT2D eigenvalue weighted by Crippen LogP contribution is -2.12. The molecule has 82 valence electrons. The molecule has 1 saturated heterocycles. The lowest BCUT2D eigenvalue weighted by atomic mass is 9.92. The maximum absolute atomic E-state index is 3.64. The van der Waals surface area contributed by atoms with Gasteiger partial charge in [0, 0.05) is 13.4 Å². The van der Waals surface area contributed by atoms with E-state index >= 15 is 0 Å². The van der Waals surface area contributed by atoms with Crippen LogP contribution in [0.25, 0.3) is 0 Å². The van der Waals surface area contributed by atoms with E-state index in [9.17, 15) is 0 Å². The number of rotatable bonds is 1. The third-order valence-electron chi connectivity index (χ3n) is 2.80. The molecule has 2 atom stereocenters. The average Bonchev–Trinajstić information content (AvgIpc) is 2.94. The topological polar surface area (TPSA) is 0 Å². The second-order valence-electron chi connectivity index (χ2n) is 3.86. The predicted molar refractivity (Wildman–Crippen MR) is 81.2 cm³/mol. The van der Waals surface area contributed by atoms with Crippen molar-refractivity contribution in [3.05, 3.63) is 55.4 Å². The summed E-state index contributed by atoms with van der Waals surface area (Å²) in [5.74, 6) is 0. The molecule has 0 amide bonds. The Hall–Kier alpha value is 0.490. The van der Waals surface area contributed by atoms with Crippen LogP contribution in [0.2, 0.25) is 0 Å². The van der Waals surface area contributed by atoms with Crippen molar-refractivity contribution < 1.29 is 0 Å². The Morgan fingerprint density at radius 3 is 2.75 bits per heavy atom. The zero-order valence-electron chi connectivity index (χ0n) is 8.08. The van der Waals surface area contributed by atoms with E-state index in [0.717, 1.165) is 8.96 Å². The molecule has 1 fully saturated rings. The van der Waals surface area contributed by atoms with Gasteiger partial charge in [-0.25, -0.2) is 0 Å². The Morgan fingerprint density at radius 2 is 2.00 bits per heavy atom.